The van der Waals surface area contributed by atoms with E-state index in [2.05, 4.69) is 34.1 Å². The molecule has 0 radical (unpaired) electrons. The Morgan fingerprint density at radius 1 is 1.06 bits per heavy atom. The number of fused-ring (bicyclic) bond motifs is 1. The number of aryl methyl sites for hydroxylation is 1. The number of hydrogen-bond acceptors (Lipinski definition) is 2. The maximum absolute atomic E-state index is 5.95. The molecule has 0 aliphatic carbocycles. The molecule has 2 aromatic rings. The van der Waals surface area contributed by atoms with Crippen molar-refractivity contribution in [1.29, 1.82) is 0 Å². The van der Waals surface area contributed by atoms with Gasteiger partial charge in [0.2, 0.25) is 0 Å². The molecular weight excluding hydrogens is 232 g/mol. The fourth-order valence-corrected chi connectivity index (χ4v) is 2.48. The Morgan fingerprint density at radius 2 is 1.94 bits per heavy atom. The minimum absolute atomic E-state index is 0.547. The van der Waals surface area contributed by atoms with Crippen molar-refractivity contribution in [2.45, 2.75) is 12.8 Å². The molecule has 2 heterocycles. The normalized spacial score (nSPS) is 14.5. The molecule has 0 unspecified atom stereocenters. The SMILES string of the molecule is Clc1cccc(N2CCCc3ccccc32)n1. The number of halogens is 1. The predicted molar refractivity (Wildman–Crippen MR) is 71.0 cm³/mol. The summed E-state index contributed by atoms with van der Waals surface area (Å²) in [6.45, 7) is 1.00. The molecule has 0 fully saturated rings. The first-order valence-corrected chi connectivity index (χ1v) is 6.20. The maximum atomic E-state index is 5.95. The number of benzene rings is 1. The Kier molecular flexibility index (Phi) is 2.73. The van der Waals surface area contributed by atoms with Crippen LogP contribution in [0.15, 0.2) is 42.5 Å². The van der Waals surface area contributed by atoms with E-state index in [9.17, 15) is 0 Å². The number of pyridine rings is 1. The molecule has 86 valence electrons. The van der Waals surface area contributed by atoms with E-state index in [0.29, 0.717) is 5.15 Å². The molecule has 0 saturated heterocycles. The summed E-state index contributed by atoms with van der Waals surface area (Å²) in [6, 6.07) is 14.3. The topological polar surface area (TPSA) is 16.1 Å². The third-order valence-corrected chi connectivity index (χ3v) is 3.30. The summed E-state index contributed by atoms with van der Waals surface area (Å²) in [4.78, 5) is 6.63. The van der Waals surface area contributed by atoms with Gasteiger partial charge in [-0.25, -0.2) is 4.98 Å². The lowest BCUT2D eigenvalue weighted by Crippen LogP contribution is -2.25. The number of aromatic nitrogens is 1. The Balaban J connectivity index is 2.06. The first-order valence-electron chi connectivity index (χ1n) is 5.82. The van der Waals surface area contributed by atoms with E-state index in [-0.39, 0.29) is 0 Å². The first kappa shape index (κ1) is 10.6. The fourth-order valence-electron chi connectivity index (χ4n) is 2.32. The molecule has 0 N–H and O–H groups in total. The molecule has 0 spiro atoms. The summed E-state index contributed by atoms with van der Waals surface area (Å²) >= 11 is 5.95. The van der Waals surface area contributed by atoms with Gasteiger partial charge in [-0.05, 0) is 36.6 Å². The van der Waals surface area contributed by atoms with E-state index in [4.69, 9.17) is 11.6 Å². The first-order chi connectivity index (χ1) is 8.34. The number of rotatable bonds is 1. The van der Waals surface area contributed by atoms with Gasteiger partial charge < -0.3 is 4.90 Å². The highest BCUT2D eigenvalue weighted by Gasteiger charge is 2.18. The van der Waals surface area contributed by atoms with Crippen LogP contribution >= 0.6 is 11.6 Å². The highest BCUT2D eigenvalue weighted by Crippen LogP contribution is 2.32. The van der Waals surface area contributed by atoms with Crippen LogP contribution in [0.2, 0.25) is 5.15 Å². The van der Waals surface area contributed by atoms with Crippen LogP contribution in [0.1, 0.15) is 12.0 Å². The van der Waals surface area contributed by atoms with Crippen molar-refractivity contribution in [1.82, 2.24) is 4.98 Å². The van der Waals surface area contributed by atoms with Crippen LogP contribution < -0.4 is 4.90 Å². The molecule has 1 aliphatic rings. The van der Waals surface area contributed by atoms with Crippen molar-refractivity contribution >= 4 is 23.1 Å². The third-order valence-electron chi connectivity index (χ3n) is 3.09. The largest absolute Gasteiger partial charge is 0.326 e. The molecule has 17 heavy (non-hydrogen) atoms. The number of nitrogens with zero attached hydrogens (tertiary/aromatic N) is 2. The Hall–Kier alpha value is -1.54. The summed E-state index contributed by atoms with van der Waals surface area (Å²) < 4.78 is 0. The lowest BCUT2D eigenvalue weighted by atomic mass is 10.0. The van der Waals surface area contributed by atoms with Gasteiger partial charge in [-0.1, -0.05) is 35.9 Å². The molecule has 0 amide bonds. The molecule has 0 bridgehead atoms. The van der Waals surface area contributed by atoms with E-state index in [1.54, 1.807) is 6.07 Å². The van der Waals surface area contributed by atoms with Crippen LogP contribution in [0.25, 0.3) is 0 Å². The van der Waals surface area contributed by atoms with Gasteiger partial charge in [0.1, 0.15) is 11.0 Å². The highest BCUT2D eigenvalue weighted by molar-refractivity contribution is 6.29. The second-order valence-electron chi connectivity index (χ2n) is 4.20. The van der Waals surface area contributed by atoms with Crippen LogP contribution in [0, 0.1) is 0 Å². The lowest BCUT2D eigenvalue weighted by Gasteiger charge is -2.30. The van der Waals surface area contributed by atoms with E-state index < -0.39 is 0 Å². The van der Waals surface area contributed by atoms with Gasteiger partial charge in [-0.3, -0.25) is 0 Å². The third kappa shape index (κ3) is 2.01. The van der Waals surface area contributed by atoms with Crippen LogP contribution in [-0.4, -0.2) is 11.5 Å². The molecule has 3 rings (SSSR count). The molecule has 1 aromatic carbocycles. The monoisotopic (exact) mass is 244 g/mol. The standard InChI is InChI=1S/C14H13ClN2/c15-13-8-3-9-14(16-13)17-10-4-6-11-5-1-2-7-12(11)17/h1-3,5,7-9H,4,6,10H2. The second-order valence-corrected chi connectivity index (χ2v) is 4.59. The van der Waals surface area contributed by atoms with Crippen molar-refractivity contribution in [2.75, 3.05) is 11.4 Å². The average molecular weight is 245 g/mol. The van der Waals surface area contributed by atoms with E-state index in [1.165, 1.54) is 11.3 Å². The zero-order valence-corrected chi connectivity index (χ0v) is 10.2. The summed E-state index contributed by atoms with van der Waals surface area (Å²) in [7, 11) is 0. The van der Waals surface area contributed by atoms with Crippen molar-refractivity contribution in [3.05, 3.63) is 53.2 Å². The zero-order chi connectivity index (χ0) is 11.7. The van der Waals surface area contributed by atoms with Gasteiger partial charge in [0.05, 0.1) is 0 Å². The quantitative estimate of drug-likeness (QED) is 0.709. The maximum Gasteiger partial charge on any atom is 0.134 e. The minimum Gasteiger partial charge on any atom is -0.326 e. The van der Waals surface area contributed by atoms with Crippen LogP contribution in [0.4, 0.5) is 11.5 Å². The van der Waals surface area contributed by atoms with Crippen molar-refractivity contribution < 1.29 is 0 Å². The fraction of sp³-hybridized carbons (Fsp3) is 0.214. The van der Waals surface area contributed by atoms with E-state index >= 15 is 0 Å². The summed E-state index contributed by atoms with van der Waals surface area (Å²) in [6.07, 6.45) is 2.30. The van der Waals surface area contributed by atoms with Gasteiger partial charge in [0, 0.05) is 12.2 Å². The van der Waals surface area contributed by atoms with Crippen LogP contribution in [-0.2, 0) is 6.42 Å². The summed E-state index contributed by atoms with van der Waals surface area (Å²) in [5.74, 6) is 0.935. The zero-order valence-electron chi connectivity index (χ0n) is 9.44. The minimum atomic E-state index is 0.547. The summed E-state index contributed by atoms with van der Waals surface area (Å²) in [5, 5.41) is 0.547. The van der Waals surface area contributed by atoms with Crippen molar-refractivity contribution in [3.8, 4) is 0 Å². The van der Waals surface area contributed by atoms with E-state index in [1.807, 2.05) is 12.1 Å². The van der Waals surface area contributed by atoms with Gasteiger partial charge in [-0.15, -0.1) is 0 Å². The number of anilines is 2. The van der Waals surface area contributed by atoms with Gasteiger partial charge in [-0.2, -0.15) is 0 Å². The van der Waals surface area contributed by atoms with Crippen LogP contribution in [0.5, 0.6) is 0 Å². The van der Waals surface area contributed by atoms with Crippen LogP contribution in [0.3, 0.4) is 0 Å². The van der Waals surface area contributed by atoms with Crippen molar-refractivity contribution in [3.63, 3.8) is 0 Å². The Morgan fingerprint density at radius 3 is 2.82 bits per heavy atom. The molecule has 2 nitrogen and oxygen atoms in total. The molecular formula is C14H13ClN2. The smallest absolute Gasteiger partial charge is 0.134 e. The summed E-state index contributed by atoms with van der Waals surface area (Å²) in [5.41, 5.74) is 2.65. The lowest BCUT2D eigenvalue weighted by molar-refractivity contribution is 0.760. The van der Waals surface area contributed by atoms with Gasteiger partial charge >= 0.3 is 0 Å². The Labute approximate surface area is 106 Å². The molecule has 1 aliphatic heterocycles. The van der Waals surface area contributed by atoms with Crippen molar-refractivity contribution in [2.24, 2.45) is 0 Å². The van der Waals surface area contributed by atoms with Gasteiger partial charge in [0.15, 0.2) is 0 Å². The van der Waals surface area contributed by atoms with Gasteiger partial charge in [0.25, 0.3) is 0 Å². The molecule has 0 saturated carbocycles. The Bertz CT molecular complexity index is 539. The number of para-hydroxylation sites is 1. The molecule has 1 aromatic heterocycles. The molecule has 3 heteroatoms. The van der Waals surface area contributed by atoms with E-state index in [0.717, 1.165) is 25.2 Å². The average Bonchev–Trinajstić information content (AvgIpc) is 2.38. The molecule has 0 atom stereocenters. The number of hydrogen-bond donors (Lipinski definition) is 0. The highest BCUT2D eigenvalue weighted by atomic mass is 35.5. The predicted octanol–water partition coefficient (Wildman–Crippen LogP) is 3.82. The second kappa shape index (κ2) is 4.38.